The van der Waals surface area contributed by atoms with Gasteiger partial charge in [0.25, 0.3) is 0 Å². The first-order valence-corrected chi connectivity index (χ1v) is 6.63. The maximum Gasteiger partial charge on any atom is 0.338 e. The van der Waals surface area contributed by atoms with E-state index in [9.17, 15) is 4.79 Å². The maximum atomic E-state index is 11.7. The van der Waals surface area contributed by atoms with E-state index in [0.717, 1.165) is 22.2 Å². The number of esters is 1. The fourth-order valence-electron chi connectivity index (χ4n) is 2.24. The van der Waals surface area contributed by atoms with Crippen molar-refractivity contribution < 1.29 is 9.53 Å². The number of carbonyl (C=O) groups excluding carboxylic acids is 1. The predicted molar refractivity (Wildman–Crippen MR) is 79.7 cm³/mol. The molecule has 0 radical (unpaired) electrons. The van der Waals surface area contributed by atoms with Crippen LogP contribution in [0.15, 0.2) is 54.6 Å². The maximum absolute atomic E-state index is 11.7. The topological polar surface area (TPSA) is 42.1 Å². The summed E-state index contributed by atoms with van der Waals surface area (Å²) >= 11 is 0. The van der Waals surface area contributed by atoms with Crippen molar-refractivity contribution in [1.82, 2.24) is 4.98 Å². The SMILES string of the molecule is CCOC(=O)c1ccc2cc(-c3ccccc3)[nH]c2c1. The monoisotopic (exact) mass is 265 g/mol. The molecule has 0 aliphatic rings. The van der Waals surface area contributed by atoms with Gasteiger partial charge >= 0.3 is 5.97 Å². The van der Waals surface area contributed by atoms with Crippen LogP contribution in [0.3, 0.4) is 0 Å². The van der Waals surface area contributed by atoms with Crippen LogP contribution in [0.4, 0.5) is 0 Å². The Bertz CT molecular complexity index is 744. The van der Waals surface area contributed by atoms with Gasteiger partial charge in [0.2, 0.25) is 0 Å². The van der Waals surface area contributed by atoms with E-state index in [2.05, 4.69) is 23.2 Å². The van der Waals surface area contributed by atoms with Gasteiger partial charge in [0.1, 0.15) is 0 Å². The Morgan fingerprint density at radius 3 is 2.65 bits per heavy atom. The van der Waals surface area contributed by atoms with Gasteiger partial charge in [-0.1, -0.05) is 36.4 Å². The Morgan fingerprint density at radius 2 is 1.90 bits per heavy atom. The molecule has 0 saturated heterocycles. The van der Waals surface area contributed by atoms with E-state index in [1.807, 2.05) is 30.3 Å². The molecule has 3 nitrogen and oxygen atoms in total. The summed E-state index contributed by atoms with van der Waals surface area (Å²) in [7, 11) is 0. The minimum atomic E-state index is -0.287. The Balaban J connectivity index is 2.02. The highest BCUT2D eigenvalue weighted by Gasteiger charge is 2.09. The molecule has 0 fully saturated rings. The number of nitrogens with one attached hydrogen (secondary N) is 1. The highest BCUT2D eigenvalue weighted by molar-refractivity contribution is 5.95. The first-order chi connectivity index (χ1) is 9.78. The van der Waals surface area contributed by atoms with Crippen molar-refractivity contribution >= 4 is 16.9 Å². The second kappa shape index (κ2) is 5.21. The summed E-state index contributed by atoms with van der Waals surface area (Å²) in [5.41, 5.74) is 3.68. The normalized spacial score (nSPS) is 10.7. The van der Waals surface area contributed by atoms with Gasteiger partial charge in [0.15, 0.2) is 0 Å². The van der Waals surface area contributed by atoms with Crippen molar-refractivity contribution in [2.24, 2.45) is 0 Å². The van der Waals surface area contributed by atoms with Crippen molar-refractivity contribution in [3.8, 4) is 11.3 Å². The van der Waals surface area contributed by atoms with Gasteiger partial charge in [-0.05, 0) is 30.7 Å². The lowest BCUT2D eigenvalue weighted by atomic mass is 10.1. The summed E-state index contributed by atoms with van der Waals surface area (Å²) in [6.07, 6.45) is 0. The van der Waals surface area contributed by atoms with Gasteiger partial charge in [-0.25, -0.2) is 4.79 Å². The molecule has 20 heavy (non-hydrogen) atoms. The molecule has 0 spiro atoms. The Morgan fingerprint density at radius 1 is 1.10 bits per heavy atom. The molecule has 0 atom stereocenters. The molecule has 0 aliphatic carbocycles. The van der Waals surface area contributed by atoms with Crippen molar-refractivity contribution in [2.45, 2.75) is 6.92 Å². The van der Waals surface area contributed by atoms with Gasteiger partial charge < -0.3 is 9.72 Å². The fourth-order valence-corrected chi connectivity index (χ4v) is 2.24. The lowest BCUT2D eigenvalue weighted by molar-refractivity contribution is 0.0526. The van der Waals surface area contributed by atoms with Gasteiger partial charge in [-0.15, -0.1) is 0 Å². The molecular weight excluding hydrogens is 250 g/mol. The smallest absolute Gasteiger partial charge is 0.338 e. The predicted octanol–water partition coefficient (Wildman–Crippen LogP) is 4.01. The molecule has 1 heterocycles. The number of carbonyl (C=O) groups is 1. The van der Waals surface area contributed by atoms with E-state index in [1.165, 1.54) is 0 Å². The summed E-state index contributed by atoms with van der Waals surface area (Å²) in [5, 5.41) is 1.08. The van der Waals surface area contributed by atoms with Gasteiger partial charge in [-0.3, -0.25) is 0 Å². The second-order valence-electron chi connectivity index (χ2n) is 4.57. The largest absolute Gasteiger partial charge is 0.462 e. The Hall–Kier alpha value is -2.55. The van der Waals surface area contributed by atoms with E-state index < -0.39 is 0 Å². The first kappa shape index (κ1) is 12.5. The average molecular weight is 265 g/mol. The quantitative estimate of drug-likeness (QED) is 0.727. The van der Waals surface area contributed by atoms with Gasteiger partial charge in [-0.2, -0.15) is 0 Å². The van der Waals surface area contributed by atoms with Crippen molar-refractivity contribution in [1.29, 1.82) is 0 Å². The zero-order valence-electron chi connectivity index (χ0n) is 11.2. The van der Waals surface area contributed by atoms with Crippen molar-refractivity contribution in [2.75, 3.05) is 6.61 Å². The number of aromatic nitrogens is 1. The molecule has 0 aliphatic heterocycles. The summed E-state index contributed by atoms with van der Waals surface area (Å²) < 4.78 is 5.02. The van der Waals surface area contributed by atoms with Crippen LogP contribution in [0.2, 0.25) is 0 Å². The van der Waals surface area contributed by atoms with Crippen molar-refractivity contribution in [3.05, 3.63) is 60.2 Å². The average Bonchev–Trinajstić information content (AvgIpc) is 2.91. The molecule has 1 aromatic heterocycles. The van der Waals surface area contributed by atoms with Crippen LogP contribution in [0.1, 0.15) is 17.3 Å². The molecule has 3 heteroatoms. The molecule has 0 unspecified atom stereocenters. The van der Waals surface area contributed by atoms with Crippen LogP contribution in [0, 0.1) is 0 Å². The lowest BCUT2D eigenvalue weighted by Crippen LogP contribution is -2.03. The summed E-state index contributed by atoms with van der Waals surface area (Å²) in [4.78, 5) is 15.1. The number of benzene rings is 2. The lowest BCUT2D eigenvalue weighted by Gasteiger charge is -2.01. The molecule has 2 aromatic carbocycles. The van der Waals surface area contributed by atoms with E-state index in [4.69, 9.17) is 4.74 Å². The molecule has 3 rings (SSSR count). The number of hydrogen-bond acceptors (Lipinski definition) is 2. The van der Waals surface area contributed by atoms with Crippen LogP contribution >= 0.6 is 0 Å². The number of aromatic amines is 1. The van der Waals surface area contributed by atoms with Gasteiger partial charge in [0, 0.05) is 16.6 Å². The molecule has 0 saturated carbocycles. The van der Waals surface area contributed by atoms with Crippen LogP contribution in [-0.4, -0.2) is 17.6 Å². The number of fused-ring (bicyclic) bond motifs is 1. The molecule has 3 aromatic rings. The van der Waals surface area contributed by atoms with Crippen LogP contribution < -0.4 is 0 Å². The zero-order chi connectivity index (χ0) is 13.9. The summed E-state index contributed by atoms with van der Waals surface area (Å²) in [6, 6.07) is 17.8. The van der Waals surface area contributed by atoms with Crippen LogP contribution in [0.25, 0.3) is 22.2 Å². The van der Waals surface area contributed by atoms with Crippen LogP contribution in [-0.2, 0) is 4.74 Å². The van der Waals surface area contributed by atoms with Crippen LogP contribution in [0.5, 0.6) is 0 Å². The number of rotatable bonds is 3. The molecule has 0 bridgehead atoms. The third kappa shape index (κ3) is 2.30. The summed E-state index contributed by atoms with van der Waals surface area (Å²) in [6.45, 7) is 2.19. The molecule has 0 amide bonds. The minimum Gasteiger partial charge on any atom is -0.462 e. The van der Waals surface area contributed by atoms with Crippen molar-refractivity contribution in [3.63, 3.8) is 0 Å². The fraction of sp³-hybridized carbons (Fsp3) is 0.118. The first-order valence-electron chi connectivity index (χ1n) is 6.63. The minimum absolute atomic E-state index is 0.287. The molecular formula is C17H15NO2. The third-order valence-corrected chi connectivity index (χ3v) is 3.22. The standard InChI is InChI=1S/C17H15NO2/c1-2-20-17(19)14-9-8-13-10-15(18-16(13)11-14)12-6-4-3-5-7-12/h3-11,18H,2H2,1H3. The third-order valence-electron chi connectivity index (χ3n) is 3.22. The van der Waals surface area contributed by atoms with E-state index in [1.54, 1.807) is 13.0 Å². The Labute approximate surface area is 117 Å². The highest BCUT2D eigenvalue weighted by Crippen LogP contribution is 2.24. The number of hydrogen-bond donors (Lipinski definition) is 1. The molecule has 1 N–H and O–H groups in total. The van der Waals surface area contributed by atoms with E-state index in [0.29, 0.717) is 12.2 Å². The van der Waals surface area contributed by atoms with E-state index in [-0.39, 0.29) is 5.97 Å². The highest BCUT2D eigenvalue weighted by atomic mass is 16.5. The zero-order valence-corrected chi connectivity index (χ0v) is 11.2. The number of H-pyrrole nitrogens is 1. The summed E-state index contributed by atoms with van der Waals surface area (Å²) in [5.74, 6) is -0.287. The Kier molecular flexibility index (Phi) is 3.25. The van der Waals surface area contributed by atoms with Gasteiger partial charge in [0.05, 0.1) is 12.2 Å². The molecule has 100 valence electrons. The number of ether oxygens (including phenoxy) is 1. The second-order valence-corrected chi connectivity index (χ2v) is 4.57. The van der Waals surface area contributed by atoms with E-state index >= 15 is 0 Å².